The summed E-state index contributed by atoms with van der Waals surface area (Å²) < 4.78 is 0. The summed E-state index contributed by atoms with van der Waals surface area (Å²) in [5.41, 5.74) is -1.44. The predicted molar refractivity (Wildman–Crippen MR) is 69.0 cm³/mol. The quantitative estimate of drug-likeness (QED) is 0.589. The van der Waals surface area contributed by atoms with Crippen LogP contribution in [0.4, 0.5) is 0 Å². The molecular formula is C11H21N3O5Pt. The summed E-state index contributed by atoms with van der Waals surface area (Å²) in [4.78, 5) is 33.0. The molecule has 6 N–H and O–H groups in total. The second-order valence-corrected chi connectivity index (χ2v) is 4.46. The summed E-state index contributed by atoms with van der Waals surface area (Å²) in [6.45, 7) is 0.957. The number of nitrogens with two attached hydrogens (primary N) is 2. The number of carboxylic acids is 2. The topological polar surface area (TPSA) is 162 Å². The fraction of sp³-hybridized carbons (Fsp3) is 0.727. The minimum absolute atomic E-state index is 0. The summed E-state index contributed by atoms with van der Waals surface area (Å²) in [6, 6.07) is 0. The predicted octanol–water partition coefficient (Wildman–Crippen LogP) is 2.00. The molecule has 120 valence electrons. The van der Waals surface area contributed by atoms with Crippen LogP contribution >= 0.6 is 0 Å². The van der Waals surface area contributed by atoms with Gasteiger partial charge in [0, 0.05) is 20.0 Å². The number of carboxylic acid groups (broad SMARTS) is 2. The van der Waals surface area contributed by atoms with E-state index in [4.69, 9.17) is 10.2 Å². The molecule has 1 aliphatic heterocycles. The Morgan fingerprint density at radius 1 is 1.10 bits per heavy atom. The van der Waals surface area contributed by atoms with Crippen LogP contribution in [-0.4, -0.2) is 46.6 Å². The van der Waals surface area contributed by atoms with Crippen molar-refractivity contribution in [2.45, 2.75) is 32.1 Å². The normalized spacial score (nSPS) is 18.1. The molecular weight excluding hydrogens is 449 g/mol. The first-order valence-corrected chi connectivity index (χ1v) is 5.61. The maximum atomic E-state index is 10.5. The molecule has 8 nitrogen and oxygen atoms in total. The second-order valence-electron chi connectivity index (χ2n) is 4.46. The molecule has 0 aromatic rings. The number of rotatable bonds is 2. The fourth-order valence-electron chi connectivity index (χ4n) is 1.83. The summed E-state index contributed by atoms with van der Waals surface area (Å²) in [5.74, 6) is -2.11. The van der Waals surface area contributed by atoms with Crippen LogP contribution < -0.4 is 0 Å². The first-order chi connectivity index (χ1) is 7.90. The molecule has 0 unspecified atom stereocenters. The molecule has 2 fully saturated rings. The van der Waals surface area contributed by atoms with E-state index in [1.807, 2.05) is 7.05 Å². The molecule has 2 aliphatic rings. The maximum Gasteiger partial charge on any atom is 2.00 e. The molecule has 1 saturated carbocycles. The molecule has 1 aliphatic carbocycles. The van der Waals surface area contributed by atoms with Gasteiger partial charge in [-0.05, 0) is 25.7 Å². The van der Waals surface area contributed by atoms with Gasteiger partial charge in [-0.25, -0.2) is 0 Å². The van der Waals surface area contributed by atoms with Gasteiger partial charge in [-0.2, -0.15) is 0 Å². The average molecular weight is 470 g/mol. The van der Waals surface area contributed by atoms with E-state index in [9.17, 15) is 14.4 Å². The average Bonchev–Trinajstić information content (AvgIpc) is 2.48. The summed E-state index contributed by atoms with van der Waals surface area (Å²) in [7, 11) is 1.84. The Bertz CT molecular complexity index is 331. The minimum Gasteiger partial charge on any atom is -0.693 e. The Morgan fingerprint density at radius 3 is 1.60 bits per heavy atom. The van der Waals surface area contributed by atoms with E-state index in [2.05, 4.69) is 0 Å². The van der Waals surface area contributed by atoms with Crippen LogP contribution in [0.3, 0.4) is 0 Å². The van der Waals surface area contributed by atoms with Gasteiger partial charge in [0.05, 0.1) is 0 Å². The number of likely N-dealkylation sites (tertiary alicyclic amines) is 1. The zero-order valence-corrected chi connectivity index (χ0v) is 13.6. The van der Waals surface area contributed by atoms with Gasteiger partial charge in [-0.3, -0.25) is 14.4 Å². The third-order valence-electron chi connectivity index (χ3n) is 3.34. The summed E-state index contributed by atoms with van der Waals surface area (Å²) >= 11 is 0. The molecule has 0 aromatic heterocycles. The van der Waals surface area contributed by atoms with E-state index in [-0.39, 0.29) is 46.2 Å². The van der Waals surface area contributed by atoms with Crippen molar-refractivity contribution in [1.29, 1.82) is 0 Å². The van der Waals surface area contributed by atoms with E-state index in [0.29, 0.717) is 12.3 Å². The van der Waals surface area contributed by atoms with Crippen LogP contribution in [0.5, 0.6) is 0 Å². The number of hydrogen-bond donors (Lipinski definition) is 2. The van der Waals surface area contributed by atoms with E-state index in [1.165, 1.54) is 0 Å². The molecule has 1 amide bonds. The van der Waals surface area contributed by atoms with Crippen molar-refractivity contribution in [1.82, 2.24) is 4.90 Å². The van der Waals surface area contributed by atoms with Crippen molar-refractivity contribution < 1.29 is 45.7 Å². The monoisotopic (exact) mass is 470 g/mol. The Morgan fingerprint density at radius 2 is 1.55 bits per heavy atom. The molecule has 0 bridgehead atoms. The Hall–Kier alpha value is -0.982. The SMILES string of the molecule is CN1CCCC1=O.O=C(O)C1(C(=O)O)CCC1.[NH2-].[NH2-].[Pt+2]. The summed E-state index contributed by atoms with van der Waals surface area (Å²) in [5, 5.41) is 16.9. The third kappa shape index (κ3) is 5.19. The van der Waals surface area contributed by atoms with Gasteiger partial charge in [0.25, 0.3) is 0 Å². The Balaban J connectivity index is -0.000000262. The van der Waals surface area contributed by atoms with Gasteiger partial charge in [0.1, 0.15) is 0 Å². The van der Waals surface area contributed by atoms with Crippen molar-refractivity contribution in [3.05, 3.63) is 12.3 Å². The molecule has 9 heteroatoms. The van der Waals surface area contributed by atoms with Gasteiger partial charge in [0.15, 0.2) is 5.41 Å². The van der Waals surface area contributed by atoms with Crippen molar-refractivity contribution in [3.63, 3.8) is 0 Å². The molecule has 0 spiro atoms. The smallest absolute Gasteiger partial charge is 0.693 e. The maximum absolute atomic E-state index is 10.5. The molecule has 1 saturated heterocycles. The molecule has 20 heavy (non-hydrogen) atoms. The molecule has 1 heterocycles. The molecule has 2 rings (SSSR count). The van der Waals surface area contributed by atoms with Crippen molar-refractivity contribution in [3.8, 4) is 0 Å². The van der Waals surface area contributed by atoms with Gasteiger partial charge < -0.3 is 27.4 Å². The van der Waals surface area contributed by atoms with Crippen LogP contribution in [0, 0.1) is 5.41 Å². The van der Waals surface area contributed by atoms with Gasteiger partial charge in [-0.1, -0.05) is 0 Å². The van der Waals surface area contributed by atoms with E-state index >= 15 is 0 Å². The fourth-order valence-corrected chi connectivity index (χ4v) is 1.83. The van der Waals surface area contributed by atoms with Crippen molar-refractivity contribution in [2.75, 3.05) is 13.6 Å². The van der Waals surface area contributed by atoms with E-state index in [1.54, 1.807) is 4.90 Å². The first kappa shape index (κ1) is 24.1. The Labute approximate surface area is 132 Å². The van der Waals surface area contributed by atoms with Crippen LogP contribution in [-0.2, 0) is 35.4 Å². The first-order valence-electron chi connectivity index (χ1n) is 5.61. The largest absolute Gasteiger partial charge is 2.00 e. The van der Waals surface area contributed by atoms with Gasteiger partial charge in [-0.15, -0.1) is 0 Å². The van der Waals surface area contributed by atoms with Gasteiger partial charge >= 0.3 is 33.0 Å². The van der Waals surface area contributed by atoms with Crippen LogP contribution in [0.15, 0.2) is 0 Å². The second kappa shape index (κ2) is 9.85. The number of nitrogens with zero attached hydrogens (tertiary/aromatic N) is 1. The van der Waals surface area contributed by atoms with Crippen LogP contribution in [0.2, 0.25) is 0 Å². The standard InChI is InChI=1S/C6H8O4.C5H9NO.2H2N.Pt/c7-4(8)6(5(9)10)2-1-3-6;1-6-4-2-3-5(6)7;;;/h1-3H2,(H,7,8)(H,9,10);2-4H2,1H3;2*1H2;/q;;2*-1;+2. The Kier molecular flexibility index (Phi) is 11.9. The molecule has 0 atom stereocenters. The van der Waals surface area contributed by atoms with Crippen LogP contribution in [0.1, 0.15) is 32.1 Å². The summed E-state index contributed by atoms with van der Waals surface area (Å²) in [6.07, 6.45) is 3.07. The number of hydrogen-bond acceptors (Lipinski definition) is 3. The van der Waals surface area contributed by atoms with Gasteiger partial charge in [0.2, 0.25) is 5.91 Å². The number of carbonyl (C=O) groups excluding carboxylic acids is 1. The number of aliphatic carboxylic acids is 2. The third-order valence-corrected chi connectivity index (χ3v) is 3.34. The minimum atomic E-state index is -1.44. The van der Waals surface area contributed by atoms with Crippen molar-refractivity contribution in [2.24, 2.45) is 5.41 Å². The zero-order chi connectivity index (χ0) is 13.1. The van der Waals surface area contributed by atoms with E-state index < -0.39 is 17.4 Å². The molecule has 0 aromatic carbocycles. The molecule has 0 radical (unpaired) electrons. The van der Waals surface area contributed by atoms with Crippen LogP contribution in [0.25, 0.3) is 12.3 Å². The van der Waals surface area contributed by atoms with Crippen molar-refractivity contribution >= 4 is 17.8 Å². The number of carbonyl (C=O) groups is 3. The zero-order valence-electron chi connectivity index (χ0n) is 11.3. The van der Waals surface area contributed by atoms with E-state index in [0.717, 1.165) is 19.4 Å². The number of amides is 1.